The summed E-state index contributed by atoms with van der Waals surface area (Å²) in [5.74, 6) is 0.235. The van der Waals surface area contributed by atoms with Gasteiger partial charge < -0.3 is 5.32 Å². The zero-order valence-corrected chi connectivity index (χ0v) is 12.2. The standard InChI is InChI=1S/C15H17N3OS/c1-10-14(20-18-17-10)9-16-15(19)13-7-6-11-4-2-3-5-12(11)8-13/h2-5,13H,6-9H2,1H3,(H,16,19). The van der Waals surface area contributed by atoms with E-state index in [1.54, 1.807) is 0 Å². The van der Waals surface area contributed by atoms with Gasteiger partial charge in [-0.2, -0.15) is 0 Å². The van der Waals surface area contributed by atoms with Crippen LogP contribution >= 0.6 is 11.5 Å². The number of rotatable bonds is 3. The second-order valence-corrected chi connectivity index (χ2v) is 6.05. The Hall–Kier alpha value is -1.75. The van der Waals surface area contributed by atoms with Gasteiger partial charge in [0.1, 0.15) is 0 Å². The summed E-state index contributed by atoms with van der Waals surface area (Å²) in [7, 11) is 0. The maximum Gasteiger partial charge on any atom is 0.223 e. The number of nitrogens with one attached hydrogen (secondary N) is 1. The molecule has 0 saturated carbocycles. The summed E-state index contributed by atoms with van der Waals surface area (Å²) in [5, 5.41) is 6.97. The van der Waals surface area contributed by atoms with Crippen LogP contribution in [0.1, 0.15) is 28.1 Å². The number of hydrogen-bond acceptors (Lipinski definition) is 4. The zero-order valence-electron chi connectivity index (χ0n) is 11.4. The van der Waals surface area contributed by atoms with Gasteiger partial charge in [-0.05, 0) is 48.8 Å². The van der Waals surface area contributed by atoms with E-state index >= 15 is 0 Å². The van der Waals surface area contributed by atoms with E-state index in [0.717, 1.165) is 29.8 Å². The summed E-state index contributed by atoms with van der Waals surface area (Å²) in [4.78, 5) is 13.3. The summed E-state index contributed by atoms with van der Waals surface area (Å²) in [6, 6.07) is 8.41. The molecule has 104 valence electrons. The van der Waals surface area contributed by atoms with Crippen LogP contribution in [0.15, 0.2) is 24.3 Å². The maximum atomic E-state index is 12.3. The van der Waals surface area contributed by atoms with Crippen molar-refractivity contribution in [2.45, 2.75) is 32.7 Å². The van der Waals surface area contributed by atoms with Crippen molar-refractivity contribution in [3.05, 3.63) is 46.0 Å². The Bertz CT molecular complexity index is 623. The number of nitrogens with zero attached hydrogens (tertiary/aromatic N) is 2. The number of carbonyl (C=O) groups is 1. The van der Waals surface area contributed by atoms with Crippen molar-refractivity contribution in [3.63, 3.8) is 0 Å². The summed E-state index contributed by atoms with van der Waals surface area (Å²) in [6.45, 7) is 2.46. The van der Waals surface area contributed by atoms with Crippen molar-refractivity contribution in [2.24, 2.45) is 5.92 Å². The molecule has 1 aliphatic carbocycles. The minimum atomic E-state index is 0.0890. The first kappa shape index (κ1) is 13.2. The first-order valence-electron chi connectivity index (χ1n) is 6.86. The predicted octanol–water partition coefficient (Wildman–Crippen LogP) is 2.27. The van der Waals surface area contributed by atoms with Gasteiger partial charge >= 0.3 is 0 Å². The molecule has 0 bridgehead atoms. The molecular weight excluding hydrogens is 270 g/mol. The summed E-state index contributed by atoms with van der Waals surface area (Å²) in [5.41, 5.74) is 3.61. The molecule has 1 aliphatic rings. The third kappa shape index (κ3) is 2.72. The molecule has 4 nitrogen and oxygen atoms in total. The van der Waals surface area contributed by atoms with Gasteiger partial charge in [0.05, 0.1) is 17.1 Å². The lowest BCUT2D eigenvalue weighted by molar-refractivity contribution is -0.125. The van der Waals surface area contributed by atoms with Crippen LogP contribution < -0.4 is 5.32 Å². The second-order valence-electron chi connectivity index (χ2n) is 5.21. The molecule has 3 rings (SSSR count). The molecule has 1 unspecified atom stereocenters. The van der Waals surface area contributed by atoms with Gasteiger partial charge in [0, 0.05) is 5.92 Å². The van der Waals surface area contributed by atoms with Gasteiger partial charge in [-0.3, -0.25) is 4.79 Å². The molecule has 0 spiro atoms. The molecule has 20 heavy (non-hydrogen) atoms. The topological polar surface area (TPSA) is 54.9 Å². The molecule has 1 aromatic carbocycles. The molecule has 1 N–H and O–H groups in total. The lowest BCUT2D eigenvalue weighted by Crippen LogP contribution is -2.33. The Labute approximate surface area is 122 Å². The molecular formula is C15H17N3OS. The lowest BCUT2D eigenvalue weighted by atomic mass is 9.83. The molecule has 0 radical (unpaired) electrons. The molecule has 1 amide bonds. The Kier molecular flexibility index (Phi) is 3.78. The molecule has 5 heteroatoms. The van der Waals surface area contributed by atoms with Crippen molar-refractivity contribution in [1.29, 1.82) is 0 Å². The van der Waals surface area contributed by atoms with Gasteiger partial charge in [0.15, 0.2) is 0 Å². The smallest absolute Gasteiger partial charge is 0.223 e. The van der Waals surface area contributed by atoms with E-state index in [0.29, 0.717) is 6.54 Å². The largest absolute Gasteiger partial charge is 0.351 e. The van der Waals surface area contributed by atoms with Crippen LogP contribution in [0.3, 0.4) is 0 Å². The van der Waals surface area contributed by atoms with Crippen molar-refractivity contribution in [3.8, 4) is 0 Å². The SMILES string of the molecule is Cc1nnsc1CNC(=O)C1CCc2ccccc2C1. The van der Waals surface area contributed by atoms with Crippen LogP contribution in [0, 0.1) is 12.8 Å². The zero-order chi connectivity index (χ0) is 13.9. The quantitative estimate of drug-likeness (QED) is 0.942. The first-order chi connectivity index (χ1) is 9.74. The molecule has 0 fully saturated rings. The Morgan fingerprint density at radius 3 is 2.95 bits per heavy atom. The molecule has 0 aliphatic heterocycles. The highest BCUT2D eigenvalue weighted by Crippen LogP contribution is 2.25. The fourth-order valence-electron chi connectivity index (χ4n) is 2.65. The normalized spacial score (nSPS) is 17.6. The lowest BCUT2D eigenvalue weighted by Gasteiger charge is -2.23. The fraction of sp³-hybridized carbons (Fsp3) is 0.400. The van der Waals surface area contributed by atoms with Gasteiger partial charge in [0.2, 0.25) is 5.91 Å². The van der Waals surface area contributed by atoms with Crippen LogP contribution in [0.2, 0.25) is 0 Å². The average Bonchev–Trinajstić information content (AvgIpc) is 2.89. The number of aromatic nitrogens is 2. The molecule has 2 aromatic rings. The van der Waals surface area contributed by atoms with E-state index in [1.165, 1.54) is 22.7 Å². The monoisotopic (exact) mass is 287 g/mol. The molecule has 1 aromatic heterocycles. The number of fused-ring (bicyclic) bond motifs is 1. The summed E-state index contributed by atoms with van der Waals surface area (Å²) in [6.07, 6.45) is 2.78. The maximum absolute atomic E-state index is 12.3. The average molecular weight is 287 g/mol. The van der Waals surface area contributed by atoms with E-state index in [1.807, 2.05) is 13.0 Å². The number of aryl methyl sites for hydroxylation is 2. The number of amides is 1. The van der Waals surface area contributed by atoms with Gasteiger partial charge in [-0.1, -0.05) is 28.8 Å². The van der Waals surface area contributed by atoms with E-state index in [4.69, 9.17) is 0 Å². The molecule has 1 atom stereocenters. The molecule has 0 saturated heterocycles. The Balaban J connectivity index is 1.60. The Morgan fingerprint density at radius 1 is 1.40 bits per heavy atom. The van der Waals surface area contributed by atoms with Gasteiger partial charge in [-0.25, -0.2) is 0 Å². The number of benzene rings is 1. The van der Waals surface area contributed by atoms with Gasteiger partial charge in [0.25, 0.3) is 0 Å². The van der Waals surface area contributed by atoms with Crippen LogP contribution in [0.25, 0.3) is 0 Å². The van der Waals surface area contributed by atoms with Crippen LogP contribution in [0.5, 0.6) is 0 Å². The van der Waals surface area contributed by atoms with Crippen molar-refractivity contribution >= 4 is 17.4 Å². The van der Waals surface area contributed by atoms with E-state index in [9.17, 15) is 4.79 Å². The van der Waals surface area contributed by atoms with Crippen LogP contribution in [-0.2, 0) is 24.2 Å². The predicted molar refractivity (Wildman–Crippen MR) is 78.4 cm³/mol. The third-order valence-electron chi connectivity index (χ3n) is 3.89. The minimum Gasteiger partial charge on any atom is -0.351 e. The summed E-state index contributed by atoms with van der Waals surface area (Å²) >= 11 is 1.35. The van der Waals surface area contributed by atoms with E-state index in [-0.39, 0.29) is 11.8 Å². The number of carbonyl (C=O) groups excluding carboxylic acids is 1. The highest BCUT2D eigenvalue weighted by Gasteiger charge is 2.24. The Morgan fingerprint density at radius 2 is 2.20 bits per heavy atom. The van der Waals surface area contributed by atoms with Gasteiger partial charge in [-0.15, -0.1) is 5.10 Å². The number of hydrogen-bond donors (Lipinski definition) is 1. The fourth-order valence-corrected chi connectivity index (χ4v) is 3.22. The van der Waals surface area contributed by atoms with Crippen molar-refractivity contribution < 1.29 is 4.79 Å². The summed E-state index contributed by atoms with van der Waals surface area (Å²) < 4.78 is 3.88. The van der Waals surface area contributed by atoms with Crippen molar-refractivity contribution in [2.75, 3.05) is 0 Å². The molecule has 1 heterocycles. The first-order valence-corrected chi connectivity index (χ1v) is 7.63. The van der Waals surface area contributed by atoms with E-state index in [2.05, 4.69) is 33.1 Å². The third-order valence-corrected chi connectivity index (χ3v) is 4.71. The highest BCUT2D eigenvalue weighted by molar-refractivity contribution is 7.05. The second kappa shape index (κ2) is 5.71. The highest BCUT2D eigenvalue weighted by atomic mass is 32.1. The minimum absolute atomic E-state index is 0.0890. The van der Waals surface area contributed by atoms with Crippen LogP contribution in [-0.4, -0.2) is 15.5 Å². The van der Waals surface area contributed by atoms with Crippen LogP contribution in [0.4, 0.5) is 0 Å². The van der Waals surface area contributed by atoms with Crippen molar-refractivity contribution in [1.82, 2.24) is 14.9 Å². The van der Waals surface area contributed by atoms with E-state index < -0.39 is 0 Å².